The molecule has 1 spiro atoms. The van der Waals surface area contributed by atoms with Gasteiger partial charge in [-0.15, -0.1) is 0 Å². The van der Waals surface area contributed by atoms with Gasteiger partial charge in [-0.05, 0) is 80.4 Å². The van der Waals surface area contributed by atoms with Crippen molar-refractivity contribution in [1.29, 1.82) is 0 Å². The van der Waals surface area contributed by atoms with E-state index in [2.05, 4.69) is 58.0 Å². The lowest BCUT2D eigenvalue weighted by atomic mass is 9.66. The van der Waals surface area contributed by atoms with Crippen LogP contribution in [0.1, 0.15) is 70.9 Å². The van der Waals surface area contributed by atoms with Gasteiger partial charge in [0.15, 0.2) is 0 Å². The molecule has 0 N–H and O–H groups in total. The maximum Gasteiger partial charge on any atom is 0.494 e. The van der Waals surface area contributed by atoms with Gasteiger partial charge in [0, 0.05) is 10.4 Å². The molecule has 0 aromatic heterocycles. The number of halogens is 1. The number of fused-ring (bicyclic) bond motifs is 5. The number of rotatable bonds is 1. The molecule has 0 bridgehead atoms. The molecule has 1 saturated carbocycles. The Balaban J connectivity index is 1.63. The Morgan fingerprint density at radius 1 is 0.786 bits per heavy atom. The summed E-state index contributed by atoms with van der Waals surface area (Å²) in [6.45, 7) is 8.45. The quantitative estimate of drug-likeness (QED) is 0.563. The molecule has 0 atom stereocenters. The highest BCUT2D eigenvalue weighted by atomic mass is 35.5. The van der Waals surface area contributed by atoms with Crippen LogP contribution in [-0.2, 0) is 14.7 Å². The van der Waals surface area contributed by atoms with E-state index in [-0.39, 0.29) is 23.7 Å². The Bertz CT molecular complexity index is 928. The van der Waals surface area contributed by atoms with Crippen LogP contribution in [0.3, 0.4) is 0 Å². The van der Waals surface area contributed by atoms with E-state index in [0.717, 1.165) is 10.5 Å². The SMILES string of the molecule is CC1(C)OB(c2ccc3c(c2)C2(CCCCC2)c2cc(Cl)ccc2-3)OC1(C)C. The summed E-state index contributed by atoms with van der Waals surface area (Å²) in [5.74, 6) is 0. The molecular weight excluding hydrogens is 367 g/mol. The van der Waals surface area contributed by atoms with Crippen LogP contribution in [0.2, 0.25) is 5.02 Å². The Kier molecular flexibility index (Phi) is 4.08. The zero-order chi connectivity index (χ0) is 19.7. The standard InChI is InChI=1S/C24H28BClO2/c1-22(2)23(3,4)28-25(27-22)16-8-10-18-19-11-9-17(26)15-21(19)24(20(18)14-16)12-6-5-7-13-24/h8-11,14-15H,5-7,12-13H2,1-4H3. The molecule has 2 nitrogen and oxygen atoms in total. The minimum absolute atomic E-state index is 0.0907. The van der Waals surface area contributed by atoms with Crippen molar-refractivity contribution < 1.29 is 9.31 Å². The summed E-state index contributed by atoms with van der Waals surface area (Å²) in [4.78, 5) is 0. The Morgan fingerprint density at radius 2 is 1.36 bits per heavy atom. The Morgan fingerprint density at radius 3 is 2.00 bits per heavy atom. The van der Waals surface area contributed by atoms with Gasteiger partial charge in [0.05, 0.1) is 11.2 Å². The molecule has 2 aromatic carbocycles. The first kappa shape index (κ1) is 18.7. The van der Waals surface area contributed by atoms with E-state index < -0.39 is 0 Å². The molecule has 5 rings (SSSR count). The van der Waals surface area contributed by atoms with Gasteiger partial charge in [0.1, 0.15) is 0 Å². The smallest absolute Gasteiger partial charge is 0.399 e. The third kappa shape index (κ3) is 2.56. The molecule has 2 fully saturated rings. The fourth-order valence-corrected chi connectivity index (χ4v) is 5.48. The van der Waals surface area contributed by atoms with Crippen molar-refractivity contribution in [2.24, 2.45) is 0 Å². The largest absolute Gasteiger partial charge is 0.494 e. The molecule has 4 heteroatoms. The fraction of sp³-hybridized carbons (Fsp3) is 0.500. The Labute approximate surface area is 173 Å². The highest BCUT2D eigenvalue weighted by Crippen LogP contribution is 2.56. The van der Waals surface area contributed by atoms with Crippen LogP contribution in [0.25, 0.3) is 11.1 Å². The van der Waals surface area contributed by atoms with Gasteiger partial charge in [-0.2, -0.15) is 0 Å². The van der Waals surface area contributed by atoms with Gasteiger partial charge in [-0.25, -0.2) is 0 Å². The number of hydrogen-bond acceptors (Lipinski definition) is 2. The second-order valence-electron chi connectivity index (χ2n) is 9.73. The second-order valence-corrected chi connectivity index (χ2v) is 10.2. The van der Waals surface area contributed by atoms with Crippen LogP contribution in [0.4, 0.5) is 0 Å². The molecule has 28 heavy (non-hydrogen) atoms. The van der Waals surface area contributed by atoms with Crippen molar-refractivity contribution in [3.63, 3.8) is 0 Å². The Hall–Kier alpha value is -1.29. The lowest BCUT2D eigenvalue weighted by Crippen LogP contribution is -2.41. The minimum Gasteiger partial charge on any atom is -0.399 e. The first-order valence-corrected chi connectivity index (χ1v) is 10.9. The number of hydrogen-bond donors (Lipinski definition) is 0. The van der Waals surface area contributed by atoms with E-state index in [4.69, 9.17) is 20.9 Å². The normalized spacial score (nSPS) is 23.7. The molecule has 1 aliphatic heterocycles. The highest BCUT2D eigenvalue weighted by Gasteiger charge is 2.52. The molecule has 146 valence electrons. The molecule has 1 heterocycles. The summed E-state index contributed by atoms with van der Waals surface area (Å²) in [5.41, 5.74) is 6.13. The topological polar surface area (TPSA) is 18.5 Å². The van der Waals surface area contributed by atoms with Crippen LogP contribution in [0.15, 0.2) is 36.4 Å². The molecule has 2 aliphatic carbocycles. The maximum absolute atomic E-state index is 6.43. The van der Waals surface area contributed by atoms with Crippen molar-refractivity contribution >= 4 is 24.2 Å². The maximum atomic E-state index is 6.43. The van der Waals surface area contributed by atoms with Crippen LogP contribution in [-0.4, -0.2) is 18.3 Å². The van der Waals surface area contributed by atoms with Crippen LogP contribution >= 0.6 is 11.6 Å². The van der Waals surface area contributed by atoms with E-state index in [1.165, 1.54) is 54.4 Å². The van der Waals surface area contributed by atoms with Gasteiger partial charge in [-0.1, -0.05) is 55.1 Å². The molecular formula is C24H28BClO2. The summed E-state index contributed by atoms with van der Waals surface area (Å²) in [7, 11) is -0.316. The summed E-state index contributed by atoms with van der Waals surface area (Å²) in [6, 6.07) is 13.2. The third-order valence-corrected chi connectivity index (χ3v) is 7.81. The lowest BCUT2D eigenvalue weighted by Gasteiger charge is -2.36. The van der Waals surface area contributed by atoms with Crippen molar-refractivity contribution in [3.05, 3.63) is 52.5 Å². The van der Waals surface area contributed by atoms with Crippen molar-refractivity contribution in [3.8, 4) is 11.1 Å². The van der Waals surface area contributed by atoms with Gasteiger partial charge in [0.25, 0.3) is 0 Å². The molecule has 0 radical (unpaired) electrons. The summed E-state index contributed by atoms with van der Waals surface area (Å²) < 4.78 is 12.7. The average Bonchev–Trinajstić information content (AvgIpc) is 3.03. The average molecular weight is 395 g/mol. The van der Waals surface area contributed by atoms with Crippen molar-refractivity contribution in [2.45, 2.75) is 76.4 Å². The monoisotopic (exact) mass is 394 g/mol. The van der Waals surface area contributed by atoms with E-state index in [1.807, 2.05) is 6.07 Å². The van der Waals surface area contributed by atoms with Crippen LogP contribution in [0.5, 0.6) is 0 Å². The van der Waals surface area contributed by atoms with E-state index in [1.54, 1.807) is 0 Å². The van der Waals surface area contributed by atoms with E-state index >= 15 is 0 Å². The third-order valence-electron chi connectivity index (χ3n) is 7.58. The zero-order valence-corrected chi connectivity index (χ0v) is 18.0. The molecule has 1 saturated heterocycles. The molecule has 0 amide bonds. The second kappa shape index (κ2) is 6.11. The predicted molar refractivity (Wildman–Crippen MR) is 116 cm³/mol. The minimum atomic E-state index is -0.324. The lowest BCUT2D eigenvalue weighted by molar-refractivity contribution is 0.00578. The fourth-order valence-electron chi connectivity index (χ4n) is 5.30. The number of benzene rings is 2. The summed E-state index contributed by atoms with van der Waals surface area (Å²) >= 11 is 6.43. The van der Waals surface area contributed by atoms with Gasteiger partial charge >= 0.3 is 7.12 Å². The zero-order valence-electron chi connectivity index (χ0n) is 17.3. The first-order chi connectivity index (χ1) is 13.2. The van der Waals surface area contributed by atoms with Gasteiger partial charge in [0.2, 0.25) is 0 Å². The predicted octanol–water partition coefficient (Wildman–Crippen LogP) is 5.87. The van der Waals surface area contributed by atoms with E-state index in [9.17, 15) is 0 Å². The van der Waals surface area contributed by atoms with Crippen molar-refractivity contribution in [1.82, 2.24) is 0 Å². The molecule has 3 aliphatic rings. The van der Waals surface area contributed by atoms with Crippen LogP contribution < -0.4 is 5.46 Å². The highest BCUT2D eigenvalue weighted by molar-refractivity contribution is 6.62. The first-order valence-electron chi connectivity index (χ1n) is 10.5. The molecule has 2 aromatic rings. The van der Waals surface area contributed by atoms with Gasteiger partial charge in [-0.3, -0.25) is 0 Å². The summed E-state index contributed by atoms with van der Waals surface area (Å²) in [6.07, 6.45) is 6.25. The van der Waals surface area contributed by atoms with Gasteiger partial charge < -0.3 is 9.31 Å². The van der Waals surface area contributed by atoms with E-state index in [0.29, 0.717) is 0 Å². The van der Waals surface area contributed by atoms with Crippen LogP contribution in [0, 0.1) is 0 Å². The van der Waals surface area contributed by atoms with Crippen molar-refractivity contribution in [2.75, 3.05) is 0 Å². The molecule has 0 unspecified atom stereocenters. The summed E-state index contributed by atoms with van der Waals surface area (Å²) in [5, 5.41) is 0.836.